The molecule has 5 nitrogen and oxygen atoms in total. The van der Waals surface area contributed by atoms with Crippen LogP contribution in [0.15, 0.2) is 24.4 Å². The Balaban J connectivity index is 1.73. The van der Waals surface area contributed by atoms with Crippen molar-refractivity contribution in [1.82, 2.24) is 19.9 Å². The Hall–Kier alpha value is -1.72. The van der Waals surface area contributed by atoms with Crippen molar-refractivity contribution in [2.75, 3.05) is 13.1 Å². The highest BCUT2D eigenvalue weighted by atomic mass is 15.5. The Morgan fingerprint density at radius 3 is 2.57 bits per heavy atom. The van der Waals surface area contributed by atoms with Crippen molar-refractivity contribution in [1.29, 1.82) is 0 Å². The Bertz CT molecular complexity index is 668. The monoisotopic (exact) mass is 313 g/mol. The number of benzene rings is 1. The molecular formula is C18H27N5. The van der Waals surface area contributed by atoms with Gasteiger partial charge in [0.1, 0.15) is 0 Å². The van der Waals surface area contributed by atoms with Crippen molar-refractivity contribution in [3.05, 3.63) is 41.2 Å². The van der Waals surface area contributed by atoms with Gasteiger partial charge in [0.15, 0.2) is 0 Å². The molecule has 1 aromatic heterocycles. The van der Waals surface area contributed by atoms with E-state index in [2.05, 4.69) is 61.0 Å². The molecule has 0 bridgehead atoms. The van der Waals surface area contributed by atoms with E-state index >= 15 is 0 Å². The van der Waals surface area contributed by atoms with Crippen molar-refractivity contribution < 1.29 is 0 Å². The van der Waals surface area contributed by atoms with Gasteiger partial charge in [0, 0.05) is 25.7 Å². The molecule has 2 N–H and O–H groups in total. The van der Waals surface area contributed by atoms with Crippen LogP contribution in [-0.4, -0.2) is 39.0 Å². The Morgan fingerprint density at radius 2 is 1.91 bits per heavy atom. The van der Waals surface area contributed by atoms with Gasteiger partial charge in [0.05, 0.1) is 17.6 Å². The summed E-state index contributed by atoms with van der Waals surface area (Å²) in [5.41, 5.74) is 10.9. The lowest BCUT2D eigenvalue weighted by molar-refractivity contribution is 0.0888. The van der Waals surface area contributed by atoms with Crippen LogP contribution in [0, 0.1) is 19.3 Å². The molecule has 2 heterocycles. The van der Waals surface area contributed by atoms with Crippen LogP contribution in [0.2, 0.25) is 0 Å². The highest BCUT2D eigenvalue weighted by Crippen LogP contribution is 2.28. The molecule has 23 heavy (non-hydrogen) atoms. The largest absolute Gasteiger partial charge is 0.327 e. The van der Waals surface area contributed by atoms with Gasteiger partial charge in [0.2, 0.25) is 0 Å². The smallest absolute Gasteiger partial charge is 0.0971 e. The molecule has 0 radical (unpaired) electrons. The van der Waals surface area contributed by atoms with Crippen molar-refractivity contribution in [3.63, 3.8) is 0 Å². The zero-order chi connectivity index (χ0) is 16.6. The zero-order valence-electron chi connectivity index (χ0n) is 14.6. The third-order valence-corrected chi connectivity index (χ3v) is 4.75. The summed E-state index contributed by atoms with van der Waals surface area (Å²) >= 11 is 0. The summed E-state index contributed by atoms with van der Waals surface area (Å²) in [6.07, 6.45) is 2.91. The molecule has 1 aromatic carbocycles. The first-order chi connectivity index (χ1) is 10.8. The minimum Gasteiger partial charge on any atom is -0.327 e. The normalized spacial score (nSPS) is 21.5. The maximum Gasteiger partial charge on any atom is 0.0971 e. The lowest BCUT2D eigenvalue weighted by atomic mass is 9.80. The van der Waals surface area contributed by atoms with Crippen LogP contribution in [-0.2, 0) is 6.54 Å². The molecular weight excluding hydrogens is 286 g/mol. The van der Waals surface area contributed by atoms with Crippen molar-refractivity contribution in [2.24, 2.45) is 11.1 Å². The van der Waals surface area contributed by atoms with Gasteiger partial charge < -0.3 is 5.73 Å². The fourth-order valence-electron chi connectivity index (χ4n) is 3.41. The SMILES string of the molecule is Cc1cc(C)cc(-n2ncc(CN3CCC(N)C(C)(C)C3)n2)c1. The molecule has 124 valence electrons. The molecule has 2 aromatic rings. The van der Waals surface area contributed by atoms with Crippen LogP contribution < -0.4 is 5.73 Å². The second kappa shape index (κ2) is 6.06. The predicted octanol–water partition coefficient (Wildman–Crippen LogP) is 2.44. The van der Waals surface area contributed by atoms with Crippen LogP contribution in [0.25, 0.3) is 5.69 Å². The fourth-order valence-corrected chi connectivity index (χ4v) is 3.41. The molecule has 1 fully saturated rings. The average molecular weight is 313 g/mol. The number of rotatable bonds is 3. The van der Waals surface area contributed by atoms with E-state index in [1.807, 2.05) is 6.20 Å². The van der Waals surface area contributed by atoms with E-state index in [4.69, 9.17) is 5.73 Å². The summed E-state index contributed by atoms with van der Waals surface area (Å²) in [5, 5.41) is 9.10. The molecule has 1 saturated heterocycles. The van der Waals surface area contributed by atoms with Crippen LogP contribution >= 0.6 is 0 Å². The predicted molar refractivity (Wildman–Crippen MR) is 92.5 cm³/mol. The molecule has 1 atom stereocenters. The molecule has 5 heteroatoms. The standard InChI is InChI=1S/C18H27N5/c1-13-7-14(2)9-16(8-13)23-20-10-15(21-23)11-22-6-5-17(19)18(3,4)12-22/h7-10,17H,5-6,11-12,19H2,1-4H3. The number of hydrogen-bond acceptors (Lipinski definition) is 4. The van der Waals surface area contributed by atoms with Gasteiger partial charge in [-0.3, -0.25) is 4.90 Å². The number of aromatic nitrogens is 3. The zero-order valence-corrected chi connectivity index (χ0v) is 14.6. The van der Waals surface area contributed by atoms with Crippen LogP contribution in [0.4, 0.5) is 0 Å². The number of aryl methyl sites for hydroxylation is 2. The minimum atomic E-state index is 0.155. The summed E-state index contributed by atoms with van der Waals surface area (Å²) in [6, 6.07) is 6.66. The van der Waals surface area contributed by atoms with Crippen LogP contribution in [0.1, 0.15) is 37.1 Å². The van der Waals surface area contributed by atoms with Crippen LogP contribution in [0.3, 0.4) is 0 Å². The first-order valence-corrected chi connectivity index (χ1v) is 8.31. The third kappa shape index (κ3) is 3.62. The second-order valence-electron chi connectivity index (χ2n) is 7.57. The summed E-state index contributed by atoms with van der Waals surface area (Å²) in [7, 11) is 0. The number of piperidine rings is 1. The first-order valence-electron chi connectivity index (χ1n) is 8.31. The third-order valence-electron chi connectivity index (χ3n) is 4.75. The highest BCUT2D eigenvalue weighted by Gasteiger charge is 2.33. The summed E-state index contributed by atoms with van der Waals surface area (Å²) in [6.45, 7) is 11.6. The lowest BCUT2D eigenvalue weighted by Crippen LogP contribution is -2.52. The van der Waals surface area contributed by atoms with Gasteiger partial charge in [-0.2, -0.15) is 15.0 Å². The Morgan fingerprint density at radius 1 is 1.22 bits per heavy atom. The maximum atomic E-state index is 6.22. The summed E-state index contributed by atoms with van der Waals surface area (Å²) < 4.78 is 0. The van der Waals surface area contributed by atoms with Gasteiger partial charge >= 0.3 is 0 Å². The molecule has 0 amide bonds. The van der Waals surface area contributed by atoms with Crippen molar-refractivity contribution >= 4 is 0 Å². The van der Waals surface area contributed by atoms with Crippen molar-refractivity contribution in [3.8, 4) is 5.69 Å². The quantitative estimate of drug-likeness (QED) is 0.945. The number of likely N-dealkylation sites (tertiary alicyclic amines) is 1. The van der Waals surface area contributed by atoms with E-state index in [1.165, 1.54) is 11.1 Å². The van der Waals surface area contributed by atoms with E-state index in [9.17, 15) is 0 Å². The van der Waals surface area contributed by atoms with Gasteiger partial charge in [-0.15, -0.1) is 0 Å². The summed E-state index contributed by atoms with van der Waals surface area (Å²) in [4.78, 5) is 4.16. The number of nitrogens with two attached hydrogens (primary N) is 1. The van der Waals surface area contributed by atoms with E-state index in [1.54, 1.807) is 4.80 Å². The Kier molecular flexibility index (Phi) is 4.25. The lowest BCUT2D eigenvalue weighted by Gasteiger charge is -2.42. The second-order valence-corrected chi connectivity index (χ2v) is 7.57. The molecule has 0 saturated carbocycles. The topological polar surface area (TPSA) is 60.0 Å². The van der Waals surface area contributed by atoms with Crippen LogP contribution in [0.5, 0.6) is 0 Å². The molecule has 1 aliphatic heterocycles. The van der Waals surface area contributed by atoms with E-state index < -0.39 is 0 Å². The first kappa shape index (κ1) is 16.1. The minimum absolute atomic E-state index is 0.155. The molecule has 0 spiro atoms. The van der Waals surface area contributed by atoms with E-state index in [-0.39, 0.29) is 11.5 Å². The molecule has 0 aliphatic carbocycles. The molecule has 3 rings (SSSR count). The highest BCUT2D eigenvalue weighted by molar-refractivity contribution is 5.37. The summed E-state index contributed by atoms with van der Waals surface area (Å²) in [5.74, 6) is 0. The fraction of sp³-hybridized carbons (Fsp3) is 0.556. The van der Waals surface area contributed by atoms with Gasteiger partial charge in [-0.25, -0.2) is 0 Å². The van der Waals surface area contributed by atoms with Gasteiger partial charge in [-0.05, 0) is 48.9 Å². The number of nitrogens with zero attached hydrogens (tertiary/aromatic N) is 4. The maximum absolute atomic E-state index is 6.22. The van der Waals surface area contributed by atoms with E-state index in [0.717, 1.165) is 37.4 Å². The van der Waals surface area contributed by atoms with Gasteiger partial charge in [-0.1, -0.05) is 19.9 Å². The molecule has 1 aliphatic rings. The average Bonchev–Trinajstić information content (AvgIpc) is 2.90. The number of hydrogen-bond donors (Lipinski definition) is 1. The van der Waals surface area contributed by atoms with Gasteiger partial charge in [0.25, 0.3) is 0 Å². The van der Waals surface area contributed by atoms with Crippen molar-refractivity contribution in [2.45, 2.75) is 46.7 Å². The van der Waals surface area contributed by atoms with E-state index in [0.29, 0.717) is 0 Å². The Labute approximate surface area is 138 Å². The molecule has 1 unspecified atom stereocenters.